The summed E-state index contributed by atoms with van der Waals surface area (Å²) in [4.78, 5) is 21.8. The number of benzene rings is 1. The van der Waals surface area contributed by atoms with Gasteiger partial charge in [-0.3, -0.25) is 4.79 Å². The van der Waals surface area contributed by atoms with Gasteiger partial charge >= 0.3 is 5.97 Å². The van der Waals surface area contributed by atoms with Gasteiger partial charge in [-0.1, -0.05) is 6.07 Å². The fourth-order valence-electron chi connectivity index (χ4n) is 1.34. The predicted molar refractivity (Wildman–Crippen MR) is 67.3 cm³/mol. The van der Waals surface area contributed by atoms with E-state index in [2.05, 4.69) is 5.32 Å². The van der Waals surface area contributed by atoms with Crippen LogP contribution in [0.2, 0.25) is 0 Å². The number of carbonyl (C=O) groups is 2. The Bertz CT molecular complexity index is 597. The summed E-state index contributed by atoms with van der Waals surface area (Å²) in [5.74, 6) is -1.67. The van der Waals surface area contributed by atoms with Crippen molar-refractivity contribution in [3.05, 3.63) is 29.8 Å². The van der Waals surface area contributed by atoms with Crippen molar-refractivity contribution in [2.45, 2.75) is 4.90 Å². The SMILES string of the molecule is CNC(=O)CN(C)S(=O)(=O)c1cccc(C(=O)O)c1. The lowest BCUT2D eigenvalue weighted by Crippen LogP contribution is -2.36. The molecular weight excluding hydrogens is 272 g/mol. The number of carboxylic acid groups (broad SMARTS) is 1. The van der Waals surface area contributed by atoms with E-state index in [1.165, 1.54) is 32.3 Å². The molecule has 7 nitrogen and oxygen atoms in total. The van der Waals surface area contributed by atoms with Crippen LogP contribution in [0, 0.1) is 0 Å². The van der Waals surface area contributed by atoms with Gasteiger partial charge in [0, 0.05) is 14.1 Å². The van der Waals surface area contributed by atoms with E-state index in [1.54, 1.807) is 0 Å². The Morgan fingerprint density at radius 2 is 2.00 bits per heavy atom. The van der Waals surface area contributed by atoms with Crippen LogP contribution in [0.3, 0.4) is 0 Å². The Morgan fingerprint density at radius 3 is 2.53 bits per heavy atom. The second kappa shape index (κ2) is 5.81. The molecule has 0 saturated heterocycles. The molecule has 0 spiro atoms. The molecule has 2 N–H and O–H groups in total. The zero-order chi connectivity index (χ0) is 14.6. The zero-order valence-corrected chi connectivity index (χ0v) is 11.3. The van der Waals surface area contributed by atoms with Crippen molar-refractivity contribution < 1.29 is 23.1 Å². The number of aromatic carboxylic acids is 1. The highest BCUT2D eigenvalue weighted by Crippen LogP contribution is 2.15. The molecule has 0 heterocycles. The number of sulfonamides is 1. The molecule has 104 valence electrons. The van der Waals surface area contributed by atoms with Gasteiger partial charge < -0.3 is 10.4 Å². The van der Waals surface area contributed by atoms with E-state index in [0.717, 1.165) is 10.4 Å². The maximum absolute atomic E-state index is 12.1. The third kappa shape index (κ3) is 3.52. The average Bonchev–Trinajstić information content (AvgIpc) is 2.38. The molecule has 0 radical (unpaired) electrons. The lowest BCUT2D eigenvalue weighted by atomic mass is 10.2. The molecule has 0 unspecified atom stereocenters. The van der Waals surface area contributed by atoms with Crippen molar-refractivity contribution in [3.63, 3.8) is 0 Å². The number of carboxylic acids is 1. The summed E-state index contributed by atoms with van der Waals surface area (Å²) in [6, 6.07) is 4.96. The highest BCUT2D eigenvalue weighted by molar-refractivity contribution is 7.89. The molecule has 0 bridgehead atoms. The van der Waals surface area contributed by atoms with Crippen LogP contribution < -0.4 is 5.32 Å². The Balaban J connectivity index is 3.09. The minimum atomic E-state index is -3.89. The fraction of sp³-hybridized carbons (Fsp3) is 0.273. The topological polar surface area (TPSA) is 104 Å². The summed E-state index contributed by atoms with van der Waals surface area (Å²) >= 11 is 0. The second-order valence-corrected chi connectivity index (χ2v) is 5.81. The molecule has 1 amide bonds. The van der Waals surface area contributed by atoms with E-state index >= 15 is 0 Å². The van der Waals surface area contributed by atoms with E-state index in [4.69, 9.17) is 5.11 Å². The monoisotopic (exact) mass is 286 g/mol. The van der Waals surface area contributed by atoms with E-state index in [0.29, 0.717) is 0 Å². The van der Waals surface area contributed by atoms with Crippen molar-refractivity contribution >= 4 is 21.9 Å². The lowest BCUT2D eigenvalue weighted by molar-refractivity contribution is -0.120. The average molecular weight is 286 g/mol. The predicted octanol–water partition coefficient (Wildman–Crippen LogP) is -0.249. The molecule has 0 aliphatic heterocycles. The molecule has 0 saturated carbocycles. The maximum atomic E-state index is 12.1. The van der Waals surface area contributed by atoms with Crippen LogP contribution in [-0.4, -0.2) is 50.3 Å². The van der Waals surface area contributed by atoms with Gasteiger partial charge in [-0.05, 0) is 18.2 Å². The molecule has 0 aliphatic carbocycles. The summed E-state index contributed by atoms with van der Waals surface area (Å²) in [7, 11) is -1.25. The van der Waals surface area contributed by atoms with E-state index in [9.17, 15) is 18.0 Å². The van der Waals surface area contributed by atoms with Crippen molar-refractivity contribution in [3.8, 4) is 0 Å². The number of rotatable bonds is 5. The number of likely N-dealkylation sites (N-methyl/N-ethyl adjacent to an activating group) is 2. The quantitative estimate of drug-likeness (QED) is 0.777. The van der Waals surface area contributed by atoms with Gasteiger partial charge in [0.1, 0.15) is 0 Å². The molecule has 0 atom stereocenters. The first kappa shape index (κ1) is 15.1. The third-order valence-corrected chi connectivity index (χ3v) is 4.23. The van der Waals surface area contributed by atoms with Crippen LogP contribution in [-0.2, 0) is 14.8 Å². The van der Waals surface area contributed by atoms with Crippen molar-refractivity contribution in [1.82, 2.24) is 9.62 Å². The Hall–Kier alpha value is -1.93. The van der Waals surface area contributed by atoms with Crippen molar-refractivity contribution in [2.75, 3.05) is 20.6 Å². The fourth-order valence-corrected chi connectivity index (χ4v) is 2.51. The zero-order valence-electron chi connectivity index (χ0n) is 10.5. The van der Waals surface area contributed by atoms with Gasteiger partial charge in [-0.15, -0.1) is 0 Å². The number of amides is 1. The first-order valence-corrected chi connectivity index (χ1v) is 6.73. The molecule has 1 aromatic carbocycles. The minimum absolute atomic E-state index is 0.130. The van der Waals surface area contributed by atoms with Crippen molar-refractivity contribution in [1.29, 1.82) is 0 Å². The van der Waals surface area contributed by atoms with Crippen LogP contribution in [0.4, 0.5) is 0 Å². The summed E-state index contributed by atoms with van der Waals surface area (Å²) in [6.45, 7) is -0.337. The molecule has 0 fully saturated rings. The Labute approximate surface area is 110 Å². The van der Waals surface area contributed by atoms with E-state index in [-0.39, 0.29) is 17.0 Å². The highest BCUT2D eigenvalue weighted by atomic mass is 32.2. The van der Waals surface area contributed by atoms with Crippen molar-refractivity contribution in [2.24, 2.45) is 0 Å². The summed E-state index contributed by atoms with van der Waals surface area (Å²) in [5, 5.41) is 11.1. The number of hydrogen-bond acceptors (Lipinski definition) is 4. The first-order valence-electron chi connectivity index (χ1n) is 5.29. The largest absolute Gasteiger partial charge is 0.478 e. The number of nitrogens with one attached hydrogen (secondary N) is 1. The number of carbonyl (C=O) groups excluding carboxylic acids is 1. The van der Waals surface area contributed by atoms with E-state index < -0.39 is 21.9 Å². The normalized spacial score (nSPS) is 11.3. The Morgan fingerprint density at radius 1 is 1.37 bits per heavy atom. The van der Waals surface area contributed by atoms with Gasteiger partial charge in [0.2, 0.25) is 15.9 Å². The Kier molecular flexibility index (Phi) is 4.62. The lowest BCUT2D eigenvalue weighted by Gasteiger charge is -2.16. The smallest absolute Gasteiger partial charge is 0.335 e. The molecule has 1 aromatic rings. The van der Waals surface area contributed by atoms with Crippen LogP contribution >= 0.6 is 0 Å². The standard InChI is InChI=1S/C11H14N2O5S/c1-12-10(14)7-13(2)19(17,18)9-5-3-4-8(6-9)11(15)16/h3-6H,7H2,1-2H3,(H,12,14)(H,15,16). The minimum Gasteiger partial charge on any atom is -0.478 e. The molecule has 1 rings (SSSR count). The van der Waals surface area contributed by atoms with Crippen LogP contribution in [0.1, 0.15) is 10.4 Å². The maximum Gasteiger partial charge on any atom is 0.335 e. The van der Waals surface area contributed by atoms with Crippen LogP contribution in [0.5, 0.6) is 0 Å². The van der Waals surface area contributed by atoms with Gasteiger partial charge in [0.25, 0.3) is 0 Å². The number of hydrogen-bond donors (Lipinski definition) is 2. The first-order chi connectivity index (χ1) is 8.78. The molecule has 19 heavy (non-hydrogen) atoms. The molecule has 0 aliphatic rings. The van der Waals surface area contributed by atoms with Gasteiger partial charge in [0.05, 0.1) is 17.0 Å². The van der Waals surface area contributed by atoms with Crippen LogP contribution in [0.25, 0.3) is 0 Å². The highest BCUT2D eigenvalue weighted by Gasteiger charge is 2.23. The van der Waals surface area contributed by atoms with Gasteiger partial charge in [-0.25, -0.2) is 13.2 Å². The summed E-state index contributed by atoms with van der Waals surface area (Å²) in [6.07, 6.45) is 0. The molecular formula is C11H14N2O5S. The second-order valence-electron chi connectivity index (χ2n) is 3.77. The molecule has 0 aromatic heterocycles. The molecule has 8 heteroatoms. The third-order valence-electron chi connectivity index (χ3n) is 2.43. The van der Waals surface area contributed by atoms with Gasteiger partial charge in [0.15, 0.2) is 0 Å². The van der Waals surface area contributed by atoms with E-state index in [1.807, 2.05) is 0 Å². The summed E-state index contributed by atoms with van der Waals surface area (Å²) in [5.41, 5.74) is -0.130. The van der Waals surface area contributed by atoms with Gasteiger partial charge in [-0.2, -0.15) is 4.31 Å². The number of nitrogens with zero attached hydrogens (tertiary/aromatic N) is 1. The summed E-state index contributed by atoms with van der Waals surface area (Å²) < 4.78 is 25.1. The van der Waals surface area contributed by atoms with Crippen LogP contribution in [0.15, 0.2) is 29.2 Å².